The summed E-state index contributed by atoms with van der Waals surface area (Å²) >= 11 is 0. The van der Waals surface area contributed by atoms with Crippen LogP contribution in [0.15, 0.2) is 52.7 Å². The van der Waals surface area contributed by atoms with Crippen molar-refractivity contribution in [2.24, 2.45) is 7.05 Å². The topological polar surface area (TPSA) is 87.6 Å². The second-order valence-electron chi connectivity index (χ2n) is 7.29. The van der Waals surface area contributed by atoms with Gasteiger partial charge in [-0.2, -0.15) is 0 Å². The minimum atomic E-state index is -0.321. The molecule has 29 heavy (non-hydrogen) atoms. The largest absolute Gasteiger partial charge is 0.496 e. The lowest BCUT2D eigenvalue weighted by molar-refractivity contribution is -0.124. The van der Waals surface area contributed by atoms with Crippen LogP contribution < -0.4 is 10.3 Å². The van der Waals surface area contributed by atoms with Crippen LogP contribution in [0.3, 0.4) is 0 Å². The molecule has 0 spiro atoms. The molecule has 2 aromatic heterocycles. The minimum absolute atomic E-state index is 0.0385. The number of H-pyrrole nitrogens is 1. The first kappa shape index (κ1) is 18.8. The molecular formula is C21H22N4O4. The number of hydrogen-bond acceptors (Lipinski definition) is 4. The van der Waals surface area contributed by atoms with Gasteiger partial charge in [0.05, 0.1) is 12.7 Å². The van der Waals surface area contributed by atoms with Crippen LogP contribution in [-0.4, -0.2) is 64.5 Å². The zero-order chi connectivity index (χ0) is 20.5. The number of pyridine rings is 1. The van der Waals surface area contributed by atoms with Gasteiger partial charge in [-0.05, 0) is 28.9 Å². The van der Waals surface area contributed by atoms with E-state index in [0.29, 0.717) is 31.7 Å². The fourth-order valence-corrected chi connectivity index (χ4v) is 3.74. The number of nitrogens with one attached hydrogen (secondary N) is 1. The minimum Gasteiger partial charge on any atom is -0.496 e. The molecule has 0 aliphatic carbocycles. The third-order valence-corrected chi connectivity index (χ3v) is 5.24. The van der Waals surface area contributed by atoms with Gasteiger partial charge in [0.2, 0.25) is 5.91 Å². The Labute approximate surface area is 167 Å². The first-order chi connectivity index (χ1) is 13.9. The molecule has 0 saturated heterocycles. The normalized spacial score (nSPS) is 16.1. The molecule has 1 N–H and O–H groups in total. The molecule has 0 aromatic carbocycles. The van der Waals surface area contributed by atoms with Crippen molar-refractivity contribution in [1.82, 2.24) is 19.4 Å². The molecule has 0 unspecified atom stereocenters. The highest BCUT2D eigenvalue weighted by molar-refractivity contribution is 5.97. The summed E-state index contributed by atoms with van der Waals surface area (Å²) in [5.74, 6) is 0.0199. The second-order valence-corrected chi connectivity index (χ2v) is 7.29. The van der Waals surface area contributed by atoms with Gasteiger partial charge in [0, 0.05) is 64.0 Å². The Balaban J connectivity index is 1.38. The molecule has 8 nitrogen and oxygen atoms in total. The maximum Gasteiger partial charge on any atom is 0.259 e. The van der Waals surface area contributed by atoms with E-state index in [2.05, 4.69) is 4.98 Å². The smallest absolute Gasteiger partial charge is 0.259 e. The van der Waals surface area contributed by atoms with Crippen LogP contribution in [0.4, 0.5) is 0 Å². The number of hydrogen-bond donors (Lipinski definition) is 1. The standard InChI is InChI=1S/C21H22N4O4/c1-23-6-5-14(9-23)3-4-20(27)24-10-15-12-25(13-16(15)11-24)21(28)17-8-22-19(26)7-18(17)29-2/h3-9H,10-13H2,1-2H3,(H,22,26)/b4-3+. The number of aromatic nitrogens is 2. The molecule has 2 amide bonds. The zero-order valence-electron chi connectivity index (χ0n) is 16.3. The Morgan fingerprint density at radius 3 is 2.45 bits per heavy atom. The van der Waals surface area contributed by atoms with Gasteiger partial charge in [0.15, 0.2) is 0 Å². The van der Waals surface area contributed by atoms with Crippen LogP contribution in [0.5, 0.6) is 5.75 Å². The van der Waals surface area contributed by atoms with Crippen molar-refractivity contribution in [3.63, 3.8) is 0 Å². The van der Waals surface area contributed by atoms with Crippen molar-refractivity contribution < 1.29 is 14.3 Å². The average Bonchev–Trinajstić information content (AvgIpc) is 3.40. The number of carbonyl (C=O) groups excluding carboxylic acids is 2. The summed E-state index contributed by atoms with van der Waals surface area (Å²) < 4.78 is 7.10. The van der Waals surface area contributed by atoms with E-state index >= 15 is 0 Å². The number of aromatic amines is 1. The molecule has 4 heterocycles. The van der Waals surface area contributed by atoms with Gasteiger partial charge in [0.25, 0.3) is 11.5 Å². The van der Waals surface area contributed by atoms with Crippen molar-refractivity contribution in [3.05, 3.63) is 69.4 Å². The number of carbonyl (C=O) groups is 2. The Bertz CT molecular complexity index is 1070. The SMILES string of the molecule is COc1cc(=O)[nH]cc1C(=O)N1CC2=C(CN(C(=O)/C=C/c3ccn(C)c3)C2)C1. The summed E-state index contributed by atoms with van der Waals surface area (Å²) in [6, 6.07) is 3.21. The van der Waals surface area contributed by atoms with Crippen LogP contribution in [0.25, 0.3) is 6.08 Å². The number of aryl methyl sites for hydroxylation is 1. The molecule has 0 radical (unpaired) electrons. The lowest BCUT2D eigenvalue weighted by Gasteiger charge is -2.22. The van der Waals surface area contributed by atoms with Gasteiger partial charge >= 0.3 is 0 Å². The van der Waals surface area contributed by atoms with Crippen LogP contribution in [0.2, 0.25) is 0 Å². The third-order valence-electron chi connectivity index (χ3n) is 5.24. The number of methoxy groups -OCH3 is 1. The molecular weight excluding hydrogens is 372 g/mol. The average molecular weight is 394 g/mol. The van der Waals surface area contributed by atoms with E-state index in [4.69, 9.17) is 4.74 Å². The van der Waals surface area contributed by atoms with E-state index in [1.807, 2.05) is 36.2 Å². The van der Waals surface area contributed by atoms with E-state index < -0.39 is 0 Å². The lowest BCUT2D eigenvalue weighted by Crippen LogP contribution is -2.36. The molecule has 2 aliphatic heterocycles. The second kappa shape index (κ2) is 7.46. The van der Waals surface area contributed by atoms with E-state index in [0.717, 1.165) is 16.7 Å². The molecule has 0 atom stereocenters. The molecule has 0 bridgehead atoms. The van der Waals surface area contributed by atoms with Crippen LogP contribution in [0.1, 0.15) is 15.9 Å². The van der Waals surface area contributed by atoms with Crippen molar-refractivity contribution >= 4 is 17.9 Å². The summed E-state index contributed by atoms with van der Waals surface area (Å²) in [6.07, 6.45) is 8.66. The zero-order valence-corrected chi connectivity index (χ0v) is 16.3. The van der Waals surface area contributed by atoms with Gasteiger partial charge in [-0.15, -0.1) is 0 Å². The Kier molecular flexibility index (Phi) is 4.84. The van der Waals surface area contributed by atoms with Crippen molar-refractivity contribution in [1.29, 1.82) is 0 Å². The van der Waals surface area contributed by atoms with Gasteiger partial charge in [-0.1, -0.05) is 0 Å². The number of rotatable bonds is 4. The van der Waals surface area contributed by atoms with Gasteiger partial charge in [-0.25, -0.2) is 0 Å². The molecule has 2 aliphatic rings. The van der Waals surface area contributed by atoms with Crippen LogP contribution in [0, 0.1) is 0 Å². The highest BCUT2D eigenvalue weighted by Gasteiger charge is 2.34. The maximum absolute atomic E-state index is 12.8. The third kappa shape index (κ3) is 3.73. The number of ether oxygens (including phenoxy) is 1. The molecule has 0 fully saturated rings. The predicted molar refractivity (Wildman–Crippen MR) is 108 cm³/mol. The van der Waals surface area contributed by atoms with E-state index in [9.17, 15) is 14.4 Å². The Hall–Kier alpha value is -3.55. The van der Waals surface area contributed by atoms with Crippen LogP contribution in [-0.2, 0) is 11.8 Å². The molecule has 4 rings (SSSR count). The van der Waals surface area contributed by atoms with Gasteiger partial charge < -0.3 is 24.1 Å². The summed E-state index contributed by atoms with van der Waals surface area (Å²) in [4.78, 5) is 42.8. The van der Waals surface area contributed by atoms with Crippen LogP contribution >= 0.6 is 0 Å². The lowest BCUT2D eigenvalue weighted by atomic mass is 10.2. The number of nitrogens with zero attached hydrogens (tertiary/aromatic N) is 3. The predicted octanol–water partition coefficient (Wildman–Crippen LogP) is 1.03. The monoisotopic (exact) mass is 394 g/mol. The highest BCUT2D eigenvalue weighted by Crippen LogP contribution is 2.28. The summed E-state index contributed by atoms with van der Waals surface area (Å²) in [5.41, 5.74) is 3.18. The summed E-state index contributed by atoms with van der Waals surface area (Å²) in [7, 11) is 3.37. The van der Waals surface area contributed by atoms with Gasteiger partial charge in [-0.3, -0.25) is 14.4 Å². The maximum atomic E-state index is 12.8. The molecule has 2 aromatic rings. The number of amides is 2. The van der Waals surface area contributed by atoms with Gasteiger partial charge in [0.1, 0.15) is 5.75 Å². The Morgan fingerprint density at radius 2 is 1.83 bits per heavy atom. The van der Waals surface area contributed by atoms with E-state index in [-0.39, 0.29) is 23.1 Å². The Morgan fingerprint density at radius 1 is 1.14 bits per heavy atom. The molecule has 0 saturated carbocycles. The molecule has 150 valence electrons. The fraction of sp³-hybridized carbons (Fsp3) is 0.286. The first-order valence-corrected chi connectivity index (χ1v) is 9.29. The van der Waals surface area contributed by atoms with E-state index in [1.54, 1.807) is 15.9 Å². The van der Waals surface area contributed by atoms with Crippen molar-refractivity contribution in [2.45, 2.75) is 0 Å². The quantitative estimate of drug-likeness (QED) is 0.620. The molecule has 8 heteroatoms. The first-order valence-electron chi connectivity index (χ1n) is 9.29. The van der Waals surface area contributed by atoms with Crippen molar-refractivity contribution in [3.8, 4) is 5.75 Å². The van der Waals surface area contributed by atoms with Crippen molar-refractivity contribution in [2.75, 3.05) is 33.3 Å². The van der Waals surface area contributed by atoms with E-state index in [1.165, 1.54) is 19.4 Å². The highest BCUT2D eigenvalue weighted by atomic mass is 16.5. The summed E-state index contributed by atoms with van der Waals surface area (Å²) in [6.45, 7) is 2.00. The summed E-state index contributed by atoms with van der Waals surface area (Å²) in [5, 5.41) is 0. The fourth-order valence-electron chi connectivity index (χ4n) is 3.74.